The summed E-state index contributed by atoms with van der Waals surface area (Å²) in [6, 6.07) is 5.49. The number of aromatic nitrogens is 2. The summed E-state index contributed by atoms with van der Waals surface area (Å²) in [5, 5.41) is 12.2. The zero-order valence-corrected chi connectivity index (χ0v) is 18.0. The number of piperidine rings is 1. The first-order valence-electron chi connectivity index (χ1n) is 8.87. The van der Waals surface area contributed by atoms with Crippen LogP contribution >= 0.6 is 35.6 Å². The molecule has 1 aliphatic rings. The van der Waals surface area contributed by atoms with Gasteiger partial charge in [-0.15, -0.1) is 12.4 Å². The fraction of sp³-hybridized carbons (Fsp3) is 0.474. The molecule has 2 unspecified atom stereocenters. The Morgan fingerprint density at radius 3 is 2.78 bits per heavy atom. The van der Waals surface area contributed by atoms with Gasteiger partial charge in [0.25, 0.3) is 0 Å². The Hall–Kier alpha value is -1.27. The van der Waals surface area contributed by atoms with E-state index < -0.39 is 0 Å². The van der Waals surface area contributed by atoms with Gasteiger partial charge in [-0.25, -0.2) is 4.68 Å². The van der Waals surface area contributed by atoms with E-state index in [1.165, 1.54) is 0 Å². The van der Waals surface area contributed by atoms with Crippen LogP contribution in [0, 0.1) is 19.8 Å². The first kappa shape index (κ1) is 22.0. The second kappa shape index (κ2) is 9.28. The molecule has 148 valence electrons. The predicted molar refractivity (Wildman–Crippen MR) is 113 cm³/mol. The molecule has 1 aliphatic heterocycles. The number of hydrogen-bond donors (Lipinski definition) is 2. The zero-order valence-electron chi connectivity index (χ0n) is 15.7. The maximum Gasteiger partial charge on any atom is 0.224 e. The standard InChI is InChI=1S/C19H24Cl2N4O.ClH/c1-11-6-7-22-10-17(11)23-19(26)9-15-12(2)24-25(13(15)3)18-5-4-14(20)8-16(18)21;/h4-5,8,11,17,22H,6-7,9-10H2,1-3H3,(H,23,26);1H. The number of benzene rings is 1. The van der Waals surface area contributed by atoms with Crippen molar-refractivity contribution in [2.45, 2.75) is 39.7 Å². The number of hydrogen-bond acceptors (Lipinski definition) is 3. The van der Waals surface area contributed by atoms with Crippen LogP contribution in [0.2, 0.25) is 10.0 Å². The van der Waals surface area contributed by atoms with Gasteiger partial charge in [-0.1, -0.05) is 30.1 Å². The highest BCUT2D eigenvalue weighted by Crippen LogP contribution is 2.27. The number of carbonyl (C=O) groups excluding carboxylic acids is 1. The number of amides is 1. The molecule has 0 aliphatic carbocycles. The molecule has 3 rings (SSSR count). The Bertz CT molecular complexity index is 822. The second-order valence-electron chi connectivity index (χ2n) is 6.98. The van der Waals surface area contributed by atoms with Gasteiger partial charge < -0.3 is 10.6 Å². The minimum atomic E-state index is 0. The number of nitrogens with zero attached hydrogens (tertiary/aromatic N) is 2. The van der Waals surface area contributed by atoms with Crippen LogP contribution in [0.15, 0.2) is 18.2 Å². The van der Waals surface area contributed by atoms with E-state index in [0.29, 0.717) is 22.4 Å². The second-order valence-corrected chi connectivity index (χ2v) is 7.82. The number of nitrogens with one attached hydrogen (secondary N) is 2. The average molecular weight is 432 g/mol. The molecule has 2 aromatic rings. The monoisotopic (exact) mass is 430 g/mol. The summed E-state index contributed by atoms with van der Waals surface area (Å²) in [6.07, 6.45) is 1.39. The Morgan fingerprint density at radius 1 is 1.37 bits per heavy atom. The van der Waals surface area contributed by atoms with E-state index in [1.807, 2.05) is 19.9 Å². The molecule has 0 saturated carbocycles. The van der Waals surface area contributed by atoms with Gasteiger partial charge in [0, 0.05) is 28.9 Å². The predicted octanol–water partition coefficient (Wildman–Crippen LogP) is 3.87. The van der Waals surface area contributed by atoms with Gasteiger partial charge in [0.15, 0.2) is 0 Å². The van der Waals surface area contributed by atoms with Crippen molar-refractivity contribution >= 4 is 41.5 Å². The molecule has 1 fully saturated rings. The summed E-state index contributed by atoms with van der Waals surface area (Å²) in [5.41, 5.74) is 3.44. The van der Waals surface area contributed by atoms with Crippen molar-refractivity contribution in [3.8, 4) is 5.69 Å². The molecule has 27 heavy (non-hydrogen) atoms. The Kier molecular flexibility index (Phi) is 7.57. The number of halogens is 3. The van der Waals surface area contributed by atoms with E-state index in [2.05, 4.69) is 22.7 Å². The van der Waals surface area contributed by atoms with Crippen molar-refractivity contribution < 1.29 is 4.79 Å². The van der Waals surface area contributed by atoms with E-state index in [1.54, 1.807) is 16.8 Å². The molecule has 1 amide bonds. The highest BCUT2D eigenvalue weighted by Gasteiger charge is 2.24. The third-order valence-electron chi connectivity index (χ3n) is 5.09. The van der Waals surface area contributed by atoms with Crippen LogP contribution in [0.1, 0.15) is 30.3 Å². The minimum Gasteiger partial charge on any atom is -0.352 e. The summed E-state index contributed by atoms with van der Waals surface area (Å²) >= 11 is 12.3. The van der Waals surface area contributed by atoms with Gasteiger partial charge in [0.1, 0.15) is 0 Å². The van der Waals surface area contributed by atoms with Gasteiger partial charge in [-0.2, -0.15) is 5.10 Å². The molecule has 1 saturated heterocycles. The van der Waals surface area contributed by atoms with Crippen molar-refractivity contribution in [1.29, 1.82) is 0 Å². The largest absolute Gasteiger partial charge is 0.352 e. The number of rotatable bonds is 4. The fourth-order valence-electron chi connectivity index (χ4n) is 3.42. The average Bonchev–Trinajstić information content (AvgIpc) is 2.85. The fourth-order valence-corrected chi connectivity index (χ4v) is 3.91. The van der Waals surface area contributed by atoms with Crippen LogP contribution in [0.3, 0.4) is 0 Å². The molecule has 1 aromatic heterocycles. The summed E-state index contributed by atoms with van der Waals surface area (Å²) in [7, 11) is 0. The van der Waals surface area contributed by atoms with Crippen LogP contribution in [0.25, 0.3) is 5.69 Å². The maximum absolute atomic E-state index is 12.6. The summed E-state index contributed by atoms with van der Waals surface area (Å²) in [6.45, 7) is 7.90. The van der Waals surface area contributed by atoms with E-state index in [4.69, 9.17) is 23.2 Å². The first-order valence-corrected chi connectivity index (χ1v) is 9.63. The summed E-state index contributed by atoms with van der Waals surface area (Å²) in [5.74, 6) is 0.511. The van der Waals surface area contributed by atoms with Crippen molar-refractivity contribution in [3.63, 3.8) is 0 Å². The number of aryl methyl sites for hydroxylation is 1. The minimum absolute atomic E-state index is 0. The van der Waals surface area contributed by atoms with Gasteiger partial charge in [-0.3, -0.25) is 4.79 Å². The van der Waals surface area contributed by atoms with Gasteiger partial charge in [-0.05, 0) is 50.9 Å². The summed E-state index contributed by atoms with van der Waals surface area (Å²) < 4.78 is 1.78. The molecule has 2 atom stereocenters. The molecular formula is C19H25Cl3N4O. The lowest BCUT2D eigenvalue weighted by Crippen LogP contribution is -2.50. The lowest BCUT2D eigenvalue weighted by Gasteiger charge is -2.30. The van der Waals surface area contributed by atoms with Crippen LogP contribution in [0.5, 0.6) is 0 Å². The van der Waals surface area contributed by atoms with Crippen molar-refractivity contribution in [3.05, 3.63) is 45.2 Å². The molecule has 2 heterocycles. The van der Waals surface area contributed by atoms with Crippen LogP contribution in [-0.2, 0) is 11.2 Å². The van der Waals surface area contributed by atoms with Crippen molar-refractivity contribution in [1.82, 2.24) is 20.4 Å². The molecule has 8 heteroatoms. The zero-order chi connectivity index (χ0) is 18.8. The van der Waals surface area contributed by atoms with E-state index in [0.717, 1.165) is 42.1 Å². The van der Waals surface area contributed by atoms with Crippen LogP contribution in [0.4, 0.5) is 0 Å². The molecule has 2 N–H and O–H groups in total. The molecular weight excluding hydrogens is 407 g/mol. The number of carbonyl (C=O) groups is 1. The Balaban J connectivity index is 0.00000261. The lowest BCUT2D eigenvalue weighted by atomic mass is 9.94. The third kappa shape index (κ3) is 4.96. The smallest absolute Gasteiger partial charge is 0.224 e. The lowest BCUT2D eigenvalue weighted by molar-refractivity contribution is -0.121. The van der Waals surface area contributed by atoms with Crippen molar-refractivity contribution in [2.24, 2.45) is 5.92 Å². The highest BCUT2D eigenvalue weighted by atomic mass is 35.5. The molecule has 1 aromatic carbocycles. The quantitative estimate of drug-likeness (QED) is 0.772. The maximum atomic E-state index is 12.6. The Labute approximate surface area is 176 Å². The van der Waals surface area contributed by atoms with Crippen LogP contribution in [-0.4, -0.2) is 34.8 Å². The molecule has 0 radical (unpaired) electrons. The first-order chi connectivity index (χ1) is 12.4. The summed E-state index contributed by atoms with van der Waals surface area (Å²) in [4.78, 5) is 12.6. The molecule has 0 bridgehead atoms. The third-order valence-corrected chi connectivity index (χ3v) is 5.63. The van der Waals surface area contributed by atoms with E-state index in [-0.39, 0.29) is 24.4 Å². The van der Waals surface area contributed by atoms with E-state index >= 15 is 0 Å². The molecule has 5 nitrogen and oxygen atoms in total. The highest BCUT2D eigenvalue weighted by molar-refractivity contribution is 6.35. The van der Waals surface area contributed by atoms with Gasteiger partial charge in [0.05, 0.1) is 22.8 Å². The van der Waals surface area contributed by atoms with E-state index in [9.17, 15) is 4.79 Å². The van der Waals surface area contributed by atoms with Crippen LogP contribution < -0.4 is 10.6 Å². The van der Waals surface area contributed by atoms with Gasteiger partial charge >= 0.3 is 0 Å². The SMILES string of the molecule is Cc1nn(-c2ccc(Cl)cc2Cl)c(C)c1CC(=O)NC1CNCCC1C.Cl. The Morgan fingerprint density at radius 2 is 2.11 bits per heavy atom. The van der Waals surface area contributed by atoms with Crippen molar-refractivity contribution in [2.75, 3.05) is 13.1 Å². The van der Waals surface area contributed by atoms with Gasteiger partial charge in [0.2, 0.25) is 5.91 Å². The molecule has 0 spiro atoms. The topological polar surface area (TPSA) is 59.0 Å². The normalized spacial score (nSPS) is 19.4.